The maximum absolute atomic E-state index is 5.87. The van der Waals surface area contributed by atoms with Crippen molar-refractivity contribution < 1.29 is 9.47 Å². The molecule has 2 rings (SSSR count). The summed E-state index contributed by atoms with van der Waals surface area (Å²) in [6.07, 6.45) is 2.42. The minimum atomic E-state index is 0.236. The number of benzene rings is 1. The quantitative estimate of drug-likeness (QED) is 0.870. The fraction of sp³-hybridized carbons (Fsp3) is 0.600. The van der Waals surface area contributed by atoms with E-state index in [2.05, 4.69) is 36.5 Å². The lowest BCUT2D eigenvalue weighted by atomic mass is 9.97. The van der Waals surface area contributed by atoms with Gasteiger partial charge in [0.15, 0.2) is 0 Å². The molecule has 1 aliphatic rings. The summed E-state index contributed by atoms with van der Waals surface area (Å²) in [5.41, 5.74) is 2.48. The lowest BCUT2D eigenvalue weighted by molar-refractivity contribution is 0.000572. The van der Waals surface area contributed by atoms with Gasteiger partial charge in [0.1, 0.15) is 0 Å². The highest BCUT2D eigenvalue weighted by Gasteiger charge is 2.22. The number of hydrogen-bond donors (Lipinski definition) is 1. The molecule has 2 unspecified atom stereocenters. The molecule has 1 heterocycles. The molecule has 0 saturated carbocycles. The largest absolute Gasteiger partial charge is 0.380 e. The van der Waals surface area contributed by atoms with Gasteiger partial charge in [-0.2, -0.15) is 0 Å². The molecule has 1 fully saturated rings. The first kappa shape index (κ1) is 13.5. The van der Waals surface area contributed by atoms with Crippen LogP contribution in [0.25, 0.3) is 0 Å². The van der Waals surface area contributed by atoms with Crippen LogP contribution in [-0.4, -0.2) is 26.3 Å². The Morgan fingerprint density at radius 2 is 2.11 bits per heavy atom. The summed E-state index contributed by atoms with van der Waals surface area (Å²) in [6.45, 7) is 4.71. The Bertz CT molecular complexity index is 348. The van der Waals surface area contributed by atoms with Crippen molar-refractivity contribution in [3.05, 3.63) is 35.4 Å². The molecule has 0 aliphatic carbocycles. The molecule has 1 aromatic carbocycles. The molecule has 3 heteroatoms. The zero-order valence-electron chi connectivity index (χ0n) is 11.3. The summed E-state index contributed by atoms with van der Waals surface area (Å²) >= 11 is 0. The predicted octanol–water partition coefficient (Wildman–Crippen LogP) is 2.66. The summed E-state index contributed by atoms with van der Waals surface area (Å²) in [6, 6.07) is 9.16. The average molecular weight is 249 g/mol. The Morgan fingerprint density at radius 3 is 2.78 bits per heavy atom. The zero-order chi connectivity index (χ0) is 12.8. The molecular formula is C15H23NO2. The maximum atomic E-state index is 5.87. The Balaban J connectivity index is 1.97. The summed E-state index contributed by atoms with van der Waals surface area (Å²) in [5, 5.41) is 3.52. The van der Waals surface area contributed by atoms with Crippen LogP contribution in [0.1, 0.15) is 37.0 Å². The van der Waals surface area contributed by atoms with Gasteiger partial charge in [0.25, 0.3) is 0 Å². The van der Waals surface area contributed by atoms with Gasteiger partial charge in [-0.15, -0.1) is 0 Å². The molecule has 0 spiro atoms. The van der Waals surface area contributed by atoms with Crippen molar-refractivity contribution in [2.45, 2.75) is 38.5 Å². The number of nitrogens with one attached hydrogen (secondary N) is 1. The van der Waals surface area contributed by atoms with E-state index in [0.29, 0.717) is 12.6 Å². The lowest BCUT2D eigenvalue weighted by Crippen LogP contribution is -2.35. The van der Waals surface area contributed by atoms with Crippen molar-refractivity contribution >= 4 is 0 Å². The van der Waals surface area contributed by atoms with E-state index in [0.717, 1.165) is 26.0 Å². The normalized spacial score (nSPS) is 24.1. The van der Waals surface area contributed by atoms with Crippen LogP contribution in [0, 0.1) is 0 Å². The van der Waals surface area contributed by atoms with Gasteiger partial charge in [-0.1, -0.05) is 31.2 Å². The minimum Gasteiger partial charge on any atom is -0.380 e. The Hall–Kier alpha value is -0.900. The monoisotopic (exact) mass is 249 g/mol. The van der Waals surface area contributed by atoms with Crippen LogP contribution in [0.2, 0.25) is 0 Å². The Morgan fingerprint density at radius 1 is 1.33 bits per heavy atom. The summed E-state index contributed by atoms with van der Waals surface area (Å²) in [7, 11) is 1.72. The number of methoxy groups -OCH3 is 1. The van der Waals surface area contributed by atoms with Crippen LogP contribution in [0.4, 0.5) is 0 Å². The van der Waals surface area contributed by atoms with Gasteiger partial charge in [-0.05, 0) is 30.5 Å². The fourth-order valence-corrected chi connectivity index (χ4v) is 2.50. The minimum absolute atomic E-state index is 0.236. The van der Waals surface area contributed by atoms with Gasteiger partial charge in [0, 0.05) is 19.8 Å². The highest BCUT2D eigenvalue weighted by Crippen LogP contribution is 2.28. The van der Waals surface area contributed by atoms with E-state index < -0.39 is 0 Å². The van der Waals surface area contributed by atoms with Crippen LogP contribution in [0.5, 0.6) is 0 Å². The smallest absolute Gasteiger partial charge is 0.0839 e. The summed E-state index contributed by atoms with van der Waals surface area (Å²) < 4.78 is 11.0. The molecule has 1 N–H and O–H groups in total. The van der Waals surface area contributed by atoms with Crippen molar-refractivity contribution in [3.8, 4) is 0 Å². The fourth-order valence-electron chi connectivity index (χ4n) is 2.50. The molecule has 0 aromatic heterocycles. The molecule has 1 aliphatic heterocycles. The summed E-state index contributed by atoms with van der Waals surface area (Å²) in [5.74, 6) is 0. The molecule has 100 valence electrons. The van der Waals surface area contributed by atoms with Gasteiger partial charge in [-0.25, -0.2) is 0 Å². The molecular weight excluding hydrogens is 226 g/mol. The van der Waals surface area contributed by atoms with Crippen molar-refractivity contribution in [1.82, 2.24) is 5.32 Å². The van der Waals surface area contributed by atoms with Crippen LogP contribution in [0.3, 0.4) is 0 Å². The van der Waals surface area contributed by atoms with E-state index in [1.807, 2.05) is 0 Å². The van der Waals surface area contributed by atoms with E-state index in [4.69, 9.17) is 9.47 Å². The van der Waals surface area contributed by atoms with E-state index in [1.54, 1.807) is 7.11 Å². The molecule has 1 saturated heterocycles. The molecule has 0 amide bonds. The first-order chi connectivity index (χ1) is 8.83. The van der Waals surface area contributed by atoms with Gasteiger partial charge in [0.05, 0.1) is 12.7 Å². The van der Waals surface area contributed by atoms with Crippen LogP contribution in [0.15, 0.2) is 24.3 Å². The van der Waals surface area contributed by atoms with E-state index >= 15 is 0 Å². The van der Waals surface area contributed by atoms with Crippen molar-refractivity contribution in [2.24, 2.45) is 0 Å². The first-order valence-corrected chi connectivity index (χ1v) is 6.76. The Labute approximate surface area is 109 Å². The van der Waals surface area contributed by atoms with Gasteiger partial charge < -0.3 is 14.8 Å². The van der Waals surface area contributed by atoms with Gasteiger partial charge in [-0.3, -0.25) is 0 Å². The van der Waals surface area contributed by atoms with Crippen LogP contribution in [-0.2, 0) is 16.1 Å². The third kappa shape index (κ3) is 3.55. The Kier molecular flexibility index (Phi) is 5.17. The third-order valence-corrected chi connectivity index (χ3v) is 3.44. The number of ether oxygens (including phenoxy) is 2. The van der Waals surface area contributed by atoms with Crippen LogP contribution >= 0.6 is 0 Å². The predicted molar refractivity (Wildman–Crippen MR) is 72.5 cm³/mol. The van der Waals surface area contributed by atoms with Gasteiger partial charge >= 0.3 is 0 Å². The topological polar surface area (TPSA) is 30.5 Å². The maximum Gasteiger partial charge on any atom is 0.0839 e. The van der Waals surface area contributed by atoms with Crippen molar-refractivity contribution in [2.75, 3.05) is 20.3 Å². The zero-order valence-corrected chi connectivity index (χ0v) is 11.3. The second kappa shape index (κ2) is 6.88. The van der Waals surface area contributed by atoms with Gasteiger partial charge in [0.2, 0.25) is 0 Å². The lowest BCUT2D eigenvalue weighted by Gasteiger charge is -2.30. The van der Waals surface area contributed by atoms with Crippen LogP contribution < -0.4 is 5.32 Å². The first-order valence-electron chi connectivity index (χ1n) is 6.76. The molecule has 2 atom stereocenters. The SMILES string of the molecule is CCNC1CCOC(c2ccc(COC)cc2)C1. The van der Waals surface area contributed by atoms with Crippen molar-refractivity contribution in [1.29, 1.82) is 0 Å². The van der Waals surface area contributed by atoms with E-state index in [-0.39, 0.29) is 6.10 Å². The second-order valence-corrected chi connectivity index (χ2v) is 4.81. The number of hydrogen-bond acceptors (Lipinski definition) is 3. The standard InChI is InChI=1S/C15H23NO2/c1-3-16-14-8-9-18-15(10-14)13-6-4-12(5-7-13)11-17-2/h4-7,14-16H,3,8-11H2,1-2H3. The third-order valence-electron chi connectivity index (χ3n) is 3.44. The highest BCUT2D eigenvalue weighted by atomic mass is 16.5. The molecule has 0 radical (unpaired) electrons. The molecule has 3 nitrogen and oxygen atoms in total. The summed E-state index contributed by atoms with van der Waals surface area (Å²) in [4.78, 5) is 0. The van der Waals surface area contributed by atoms with E-state index in [1.165, 1.54) is 11.1 Å². The average Bonchev–Trinajstić information content (AvgIpc) is 2.41. The molecule has 0 bridgehead atoms. The molecule has 18 heavy (non-hydrogen) atoms. The van der Waals surface area contributed by atoms with Crippen molar-refractivity contribution in [3.63, 3.8) is 0 Å². The van der Waals surface area contributed by atoms with E-state index in [9.17, 15) is 0 Å². The molecule has 1 aromatic rings. The second-order valence-electron chi connectivity index (χ2n) is 4.81. The highest BCUT2D eigenvalue weighted by molar-refractivity contribution is 5.24. The number of rotatable bonds is 5.